The molecule has 4 nitrogen and oxygen atoms in total. The van der Waals surface area contributed by atoms with Crippen molar-refractivity contribution in [3.63, 3.8) is 0 Å². The van der Waals surface area contributed by atoms with Gasteiger partial charge in [-0.2, -0.15) is 0 Å². The molecular weight excluding hydrogens is 218 g/mol. The van der Waals surface area contributed by atoms with Crippen molar-refractivity contribution in [1.82, 2.24) is 4.90 Å². The molecule has 0 aromatic carbocycles. The minimum Gasteiger partial charge on any atom is -0.469 e. The van der Waals surface area contributed by atoms with Crippen LogP contribution in [-0.2, 0) is 14.3 Å². The lowest BCUT2D eigenvalue weighted by Crippen LogP contribution is -2.43. The van der Waals surface area contributed by atoms with Crippen molar-refractivity contribution in [1.29, 1.82) is 0 Å². The molecule has 1 fully saturated rings. The highest BCUT2D eigenvalue weighted by Gasteiger charge is 2.22. The number of morpholine rings is 1. The van der Waals surface area contributed by atoms with Gasteiger partial charge in [-0.15, -0.1) is 0 Å². The molecule has 4 heteroatoms. The van der Waals surface area contributed by atoms with Crippen LogP contribution in [0.5, 0.6) is 0 Å². The number of ether oxygens (including phenoxy) is 2. The highest BCUT2D eigenvalue weighted by atomic mass is 16.5. The molecule has 0 bridgehead atoms. The van der Waals surface area contributed by atoms with E-state index in [1.807, 2.05) is 0 Å². The molecule has 1 saturated heterocycles. The van der Waals surface area contributed by atoms with E-state index in [4.69, 9.17) is 4.74 Å². The summed E-state index contributed by atoms with van der Waals surface area (Å²) < 4.78 is 10.2. The summed E-state index contributed by atoms with van der Waals surface area (Å²) in [6.45, 7) is 8.17. The maximum Gasteiger partial charge on any atom is 0.308 e. The Labute approximate surface area is 104 Å². The van der Waals surface area contributed by atoms with Crippen LogP contribution >= 0.6 is 0 Å². The summed E-state index contributed by atoms with van der Waals surface area (Å²) in [5.74, 6) is 0.584. The Morgan fingerprint density at radius 1 is 1.53 bits per heavy atom. The fourth-order valence-electron chi connectivity index (χ4n) is 2.10. The zero-order chi connectivity index (χ0) is 12.7. The summed E-state index contributed by atoms with van der Waals surface area (Å²) in [5, 5.41) is 0. The Balaban J connectivity index is 2.21. The first-order valence-corrected chi connectivity index (χ1v) is 6.52. The first-order valence-electron chi connectivity index (χ1n) is 6.52. The standard InChI is InChI=1S/C13H25NO3/c1-11(2)5-4-6-14-7-8-17-12(10-14)9-13(15)16-3/h11-12H,4-10H2,1-3H3. The van der Waals surface area contributed by atoms with Crippen molar-refractivity contribution in [3.05, 3.63) is 0 Å². The van der Waals surface area contributed by atoms with Crippen molar-refractivity contribution in [2.45, 2.75) is 39.2 Å². The van der Waals surface area contributed by atoms with Gasteiger partial charge in [0.05, 0.1) is 26.2 Å². The number of esters is 1. The van der Waals surface area contributed by atoms with Crippen molar-refractivity contribution >= 4 is 5.97 Å². The van der Waals surface area contributed by atoms with Gasteiger partial charge in [0.25, 0.3) is 0 Å². The van der Waals surface area contributed by atoms with Gasteiger partial charge in [-0.05, 0) is 25.3 Å². The fraction of sp³-hybridized carbons (Fsp3) is 0.923. The van der Waals surface area contributed by atoms with Crippen LogP contribution in [0.3, 0.4) is 0 Å². The Hall–Kier alpha value is -0.610. The van der Waals surface area contributed by atoms with Crippen LogP contribution in [0.15, 0.2) is 0 Å². The van der Waals surface area contributed by atoms with Gasteiger partial charge in [-0.1, -0.05) is 13.8 Å². The molecule has 1 aliphatic rings. The topological polar surface area (TPSA) is 38.8 Å². The van der Waals surface area contributed by atoms with Gasteiger partial charge < -0.3 is 9.47 Å². The van der Waals surface area contributed by atoms with Crippen molar-refractivity contribution < 1.29 is 14.3 Å². The van der Waals surface area contributed by atoms with E-state index in [0.29, 0.717) is 6.42 Å². The summed E-state index contributed by atoms with van der Waals surface area (Å²) in [6, 6.07) is 0. The second kappa shape index (κ2) is 7.67. The molecule has 1 unspecified atom stereocenters. The first-order chi connectivity index (χ1) is 8.11. The lowest BCUT2D eigenvalue weighted by atomic mass is 10.1. The molecule has 0 saturated carbocycles. The van der Waals surface area contributed by atoms with Gasteiger partial charge in [-0.3, -0.25) is 9.69 Å². The third-order valence-corrected chi connectivity index (χ3v) is 3.10. The zero-order valence-corrected chi connectivity index (χ0v) is 11.3. The molecule has 0 amide bonds. The molecule has 100 valence electrons. The van der Waals surface area contributed by atoms with Crippen molar-refractivity contribution in [2.24, 2.45) is 5.92 Å². The lowest BCUT2D eigenvalue weighted by Gasteiger charge is -2.32. The maximum absolute atomic E-state index is 11.2. The Kier molecular flexibility index (Phi) is 6.52. The predicted molar refractivity (Wildman–Crippen MR) is 66.9 cm³/mol. The van der Waals surface area contributed by atoms with Crippen LogP contribution < -0.4 is 0 Å². The molecule has 1 aliphatic heterocycles. The summed E-state index contributed by atoms with van der Waals surface area (Å²) >= 11 is 0. The minimum atomic E-state index is -0.181. The average Bonchev–Trinajstić information content (AvgIpc) is 2.29. The highest BCUT2D eigenvalue weighted by molar-refractivity contribution is 5.69. The summed E-state index contributed by atoms with van der Waals surface area (Å²) in [6.07, 6.45) is 2.87. The van der Waals surface area contributed by atoms with E-state index < -0.39 is 0 Å². The van der Waals surface area contributed by atoms with E-state index in [1.54, 1.807) is 0 Å². The summed E-state index contributed by atoms with van der Waals surface area (Å²) in [7, 11) is 1.42. The SMILES string of the molecule is COC(=O)CC1CN(CCCC(C)C)CCO1. The normalized spacial score (nSPS) is 21.8. The molecule has 1 heterocycles. The minimum absolute atomic E-state index is 0.00949. The summed E-state index contributed by atoms with van der Waals surface area (Å²) in [5.41, 5.74) is 0. The Morgan fingerprint density at radius 3 is 2.94 bits per heavy atom. The molecule has 0 radical (unpaired) electrons. The number of carbonyl (C=O) groups is 1. The van der Waals surface area contributed by atoms with Gasteiger partial charge in [0.2, 0.25) is 0 Å². The highest BCUT2D eigenvalue weighted by Crippen LogP contribution is 2.11. The van der Waals surface area contributed by atoms with Gasteiger partial charge in [0, 0.05) is 13.1 Å². The van der Waals surface area contributed by atoms with Crippen LogP contribution in [0, 0.1) is 5.92 Å². The fourth-order valence-corrected chi connectivity index (χ4v) is 2.10. The van der Waals surface area contributed by atoms with Gasteiger partial charge >= 0.3 is 5.97 Å². The van der Waals surface area contributed by atoms with Crippen LogP contribution in [-0.4, -0.2) is 50.3 Å². The number of nitrogens with zero attached hydrogens (tertiary/aromatic N) is 1. The van der Waals surface area contributed by atoms with E-state index in [2.05, 4.69) is 23.5 Å². The summed E-state index contributed by atoms with van der Waals surface area (Å²) in [4.78, 5) is 13.6. The predicted octanol–water partition coefficient (Wildman–Crippen LogP) is 1.69. The van der Waals surface area contributed by atoms with Crippen LogP contribution in [0.4, 0.5) is 0 Å². The van der Waals surface area contributed by atoms with E-state index in [1.165, 1.54) is 20.0 Å². The van der Waals surface area contributed by atoms with Gasteiger partial charge in [-0.25, -0.2) is 0 Å². The molecule has 0 N–H and O–H groups in total. The number of hydrogen-bond donors (Lipinski definition) is 0. The Bertz CT molecular complexity index is 231. The van der Waals surface area contributed by atoms with Crippen LogP contribution in [0.2, 0.25) is 0 Å². The second-order valence-corrected chi connectivity index (χ2v) is 5.11. The molecule has 1 rings (SSSR count). The average molecular weight is 243 g/mol. The first kappa shape index (κ1) is 14.5. The van der Waals surface area contributed by atoms with Gasteiger partial charge in [0.1, 0.15) is 0 Å². The number of hydrogen-bond acceptors (Lipinski definition) is 4. The quantitative estimate of drug-likeness (QED) is 0.665. The van der Waals surface area contributed by atoms with E-state index in [9.17, 15) is 4.79 Å². The lowest BCUT2D eigenvalue weighted by molar-refractivity contribution is -0.145. The smallest absolute Gasteiger partial charge is 0.308 e. The number of rotatable bonds is 6. The van der Waals surface area contributed by atoms with Gasteiger partial charge in [0.15, 0.2) is 0 Å². The third kappa shape index (κ3) is 6.03. The molecule has 1 atom stereocenters. The van der Waals surface area contributed by atoms with Crippen LogP contribution in [0.1, 0.15) is 33.1 Å². The van der Waals surface area contributed by atoms with Crippen LogP contribution in [0.25, 0.3) is 0 Å². The molecule has 17 heavy (non-hydrogen) atoms. The molecule has 0 aromatic heterocycles. The number of carbonyl (C=O) groups excluding carboxylic acids is 1. The maximum atomic E-state index is 11.2. The van der Waals surface area contributed by atoms with Crippen molar-refractivity contribution in [2.75, 3.05) is 33.4 Å². The molecule has 0 aliphatic carbocycles. The monoisotopic (exact) mass is 243 g/mol. The van der Waals surface area contributed by atoms with E-state index in [-0.39, 0.29) is 12.1 Å². The van der Waals surface area contributed by atoms with Crippen molar-refractivity contribution in [3.8, 4) is 0 Å². The number of methoxy groups -OCH3 is 1. The molecule has 0 aromatic rings. The zero-order valence-electron chi connectivity index (χ0n) is 11.3. The largest absolute Gasteiger partial charge is 0.469 e. The molecule has 0 spiro atoms. The Morgan fingerprint density at radius 2 is 2.29 bits per heavy atom. The molecular formula is C13H25NO3. The van der Waals surface area contributed by atoms with E-state index in [0.717, 1.165) is 32.2 Å². The third-order valence-electron chi connectivity index (χ3n) is 3.10. The second-order valence-electron chi connectivity index (χ2n) is 5.11. The van der Waals surface area contributed by atoms with E-state index >= 15 is 0 Å².